The molecule has 6 aromatic rings. The maximum atomic E-state index is 9.55. The minimum Gasteiger partial charge on any atom is -0.478 e. The van der Waals surface area contributed by atoms with Crippen molar-refractivity contribution in [2.45, 2.75) is 78.1 Å². The lowest BCUT2D eigenvalue weighted by molar-refractivity contribution is -0.134. The maximum absolute atomic E-state index is 9.55. The lowest BCUT2D eigenvalue weighted by Gasteiger charge is -2.31. The van der Waals surface area contributed by atoms with E-state index in [4.69, 9.17) is 19.3 Å². The largest absolute Gasteiger partial charge is 0.478 e. The molecule has 10 nitrogen and oxygen atoms in total. The van der Waals surface area contributed by atoms with Gasteiger partial charge >= 0.3 is 11.9 Å². The molecule has 10 heteroatoms. The van der Waals surface area contributed by atoms with Gasteiger partial charge in [0.15, 0.2) is 11.2 Å². The highest BCUT2D eigenvalue weighted by atomic mass is 16.5. The number of aliphatic carboxylic acids is 2. The van der Waals surface area contributed by atoms with Crippen molar-refractivity contribution in [1.82, 2.24) is 20.1 Å². The number of carboxylic acid groups (broad SMARTS) is 2. The van der Waals surface area contributed by atoms with Crippen LogP contribution in [0.2, 0.25) is 0 Å². The topological polar surface area (TPSA) is 133 Å². The number of aromatic nitrogens is 2. The first-order valence-corrected chi connectivity index (χ1v) is 21.5. The summed E-state index contributed by atoms with van der Waals surface area (Å²) in [5.74, 6) is -0.876. The minimum atomic E-state index is -1.26. The highest BCUT2D eigenvalue weighted by Gasteiger charge is 2.21. The second kappa shape index (κ2) is 22.7. The SMILES string of the molecule is Cc1ccc2onc(CCC3CCN(CCc4ccccc4)CC3)c2c1.Cc1ccc2onc(CCC3CCN(CCc4ccccc4)CC3)c2c1.O=C(O)/C=C\C(=O)O. The highest BCUT2D eigenvalue weighted by molar-refractivity contribution is 5.89. The van der Waals surface area contributed by atoms with E-state index in [0.717, 1.165) is 60.1 Å². The van der Waals surface area contributed by atoms with Crippen LogP contribution in [0.4, 0.5) is 0 Å². The van der Waals surface area contributed by atoms with E-state index >= 15 is 0 Å². The Bertz CT molecular complexity index is 2090. The van der Waals surface area contributed by atoms with E-state index in [1.807, 2.05) is 12.1 Å². The van der Waals surface area contributed by atoms with Gasteiger partial charge in [-0.15, -0.1) is 0 Å². The molecule has 316 valence electrons. The van der Waals surface area contributed by atoms with Gasteiger partial charge in [-0.2, -0.15) is 0 Å². The van der Waals surface area contributed by atoms with Crippen LogP contribution in [0.1, 0.15) is 72.2 Å². The molecule has 4 aromatic carbocycles. The van der Waals surface area contributed by atoms with Crippen molar-refractivity contribution < 1.29 is 28.8 Å². The Kier molecular flexibility index (Phi) is 16.6. The number of carboxylic acids is 2. The maximum Gasteiger partial charge on any atom is 0.328 e. The summed E-state index contributed by atoms with van der Waals surface area (Å²) in [5, 5.41) is 26.6. The quantitative estimate of drug-likeness (QED) is 0.102. The Hall–Kier alpha value is -5.58. The molecule has 0 unspecified atom stereocenters. The molecule has 0 amide bonds. The summed E-state index contributed by atoms with van der Waals surface area (Å²) in [7, 11) is 0. The Balaban J connectivity index is 0.000000171. The predicted molar refractivity (Wildman–Crippen MR) is 237 cm³/mol. The smallest absolute Gasteiger partial charge is 0.328 e. The second-order valence-electron chi connectivity index (χ2n) is 16.4. The highest BCUT2D eigenvalue weighted by Crippen LogP contribution is 2.28. The molecular formula is C50H60N4O6. The molecule has 0 bridgehead atoms. The fraction of sp³-hybridized carbons (Fsp3) is 0.400. The standard InChI is InChI=1S/2C23H28N2O.C4H4O4/c2*1-18-7-10-23-21(17-18)22(24-26-23)9-8-20-12-15-25(16-13-20)14-11-19-5-3-2-4-6-19;5-3(6)1-2-4(7)8/h2*2-7,10,17,20H,8-9,11-16H2,1H3;1-2H,(H,5,6)(H,7,8)/b;;2-1-. The van der Waals surface area contributed by atoms with Crippen LogP contribution in [0.25, 0.3) is 21.9 Å². The van der Waals surface area contributed by atoms with Crippen LogP contribution in [-0.2, 0) is 35.3 Å². The number of hydrogen-bond donors (Lipinski definition) is 2. The van der Waals surface area contributed by atoms with Gasteiger partial charge in [-0.05, 0) is 151 Å². The Morgan fingerprint density at radius 1 is 0.583 bits per heavy atom. The van der Waals surface area contributed by atoms with E-state index in [1.54, 1.807) is 0 Å². The molecule has 2 aliphatic heterocycles. The molecule has 8 rings (SSSR count). The van der Waals surface area contributed by atoms with Crippen molar-refractivity contribution in [2.75, 3.05) is 39.3 Å². The van der Waals surface area contributed by atoms with Gasteiger partial charge in [0.2, 0.25) is 0 Å². The van der Waals surface area contributed by atoms with Crippen molar-refractivity contribution in [3.8, 4) is 0 Å². The summed E-state index contributed by atoms with van der Waals surface area (Å²) in [4.78, 5) is 24.4. The fourth-order valence-electron chi connectivity index (χ4n) is 8.25. The van der Waals surface area contributed by atoms with Crippen molar-refractivity contribution in [3.63, 3.8) is 0 Å². The van der Waals surface area contributed by atoms with Crippen molar-refractivity contribution >= 4 is 33.9 Å². The molecule has 2 aromatic heterocycles. The van der Waals surface area contributed by atoms with E-state index in [2.05, 4.69) is 119 Å². The monoisotopic (exact) mass is 812 g/mol. The van der Waals surface area contributed by atoms with E-state index in [0.29, 0.717) is 12.2 Å². The van der Waals surface area contributed by atoms with Gasteiger partial charge in [0.1, 0.15) is 0 Å². The van der Waals surface area contributed by atoms with Crippen molar-refractivity contribution in [2.24, 2.45) is 11.8 Å². The van der Waals surface area contributed by atoms with Gasteiger partial charge in [0.05, 0.1) is 11.4 Å². The molecule has 0 saturated carbocycles. The van der Waals surface area contributed by atoms with E-state index in [9.17, 15) is 9.59 Å². The zero-order valence-electron chi connectivity index (χ0n) is 35.2. The molecule has 2 aliphatic rings. The van der Waals surface area contributed by atoms with Crippen LogP contribution < -0.4 is 0 Å². The van der Waals surface area contributed by atoms with Crippen LogP contribution in [0.5, 0.6) is 0 Å². The first-order chi connectivity index (χ1) is 29.2. The van der Waals surface area contributed by atoms with Gasteiger partial charge in [-0.3, -0.25) is 0 Å². The average Bonchev–Trinajstić information content (AvgIpc) is 3.87. The summed E-state index contributed by atoms with van der Waals surface area (Å²) in [6.07, 6.45) is 13.2. The van der Waals surface area contributed by atoms with Gasteiger partial charge in [0.25, 0.3) is 0 Å². The van der Waals surface area contributed by atoms with Crippen LogP contribution in [0.15, 0.2) is 118 Å². The first kappa shape index (κ1) is 44.0. The van der Waals surface area contributed by atoms with Crippen LogP contribution >= 0.6 is 0 Å². The number of piperidine rings is 2. The second-order valence-corrected chi connectivity index (χ2v) is 16.4. The van der Waals surface area contributed by atoms with Gasteiger partial charge in [-0.1, -0.05) is 94.2 Å². The molecule has 60 heavy (non-hydrogen) atoms. The predicted octanol–water partition coefficient (Wildman–Crippen LogP) is 9.76. The van der Waals surface area contributed by atoms with Crippen molar-refractivity contribution in [1.29, 1.82) is 0 Å². The van der Waals surface area contributed by atoms with Crippen LogP contribution in [0, 0.1) is 25.7 Å². The number of aryl methyl sites for hydroxylation is 4. The normalized spacial score (nSPS) is 15.4. The number of carbonyl (C=O) groups is 2. The lowest BCUT2D eigenvalue weighted by Crippen LogP contribution is -2.35. The molecule has 2 N–H and O–H groups in total. The van der Waals surface area contributed by atoms with Crippen molar-refractivity contribution in [3.05, 3.63) is 143 Å². The van der Waals surface area contributed by atoms with Crippen LogP contribution in [0.3, 0.4) is 0 Å². The Labute approximate surface area is 353 Å². The number of hydrogen-bond acceptors (Lipinski definition) is 8. The molecule has 0 atom stereocenters. The number of likely N-dealkylation sites (tertiary alicyclic amines) is 2. The zero-order valence-corrected chi connectivity index (χ0v) is 35.2. The van der Waals surface area contributed by atoms with E-state index in [1.165, 1.54) is 111 Å². The summed E-state index contributed by atoms with van der Waals surface area (Å²) in [5.41, 5.74) is 9.54. The average molecular weight is 813 g/mol. The molecule has 2 saturated heterocycles. The van der Waals surface area contributed by atoms with Gasteiger partial charge in [-0.25, -0.2) is 9.59 Å². The number of fused-ring (bicyclic) bond motifs is 2. The summed E-state index contributed by atoms with van der Waals surface area (Å²) >= 11 is 0. The summed E-state index contributed by atoms with van der Waals surface area (Å²) in [6.45, 7) is 11.6. The molecular weight excluding hydrogens is 753 g/mol. The number of benzene rings is 4. The molecule has 4 heterocycles. The fourth-order valence-corrected chi connectivity index (χ4v) is 8.25. The van der Waals surface area contributed by atoms with Gasteiger partial charge in [0, 0.05) is 36.0 Å². The number of nitrogens with zero attached hydrogens (tertiary/aromatic N) is 4. The van der Waals surface area contributed by atoms with Gasteiger partial charge < -0.3 is 29.1 Å². The third-order valence-electron chi connectivity index (χ3n) is 11.9. The molecule has 0 spiro atoms. The molecule has 2 fully saturated rings. The zero-order chi connectivity index (χ0) is 42.1. The third-order valence-corrected chi connectivity index (χ3v) is 11.9. The Morgan fingerprint density at radius 3 is 1.33 bits per heavy atom. The Morgan fingerprint density at radius 2 is 0.967 bits per heavy atom. The third kappa shape index (κ3) is 14.0. The summed E-state index contributed by atoms with van der Waals surface area (Å²) < 4.78 is 11.0. The lowest BCUT2D eigenvalue weighted by atomic mass is 9.91. The number of rotatable bonds is 14. The van der Waals surface area contributed by atoms with Crippen LogP contribution in [-0.4, -0.2) is 81.5 Å². The minimum absolute atomic E-state index is 0.558. The van der Waals surface area contributed by atoms with E-state index in [-0.39, 0.29) is 0 Å². The summed E-state index contributed by atoms with van der Waals surface area (Å²) in [6, 6.07) is 34.3. The van der Waals surface area contributed by atoms with E-state index < -0.39 is 11.9 Å². The first-order valence-electron chi connectivity index (χ1n) is 21.5. The molecule has 0 aliphatic carbocycles. The molecule has 0 radical (unpaired) electrons.